The predicted molar refractivity (Wildman–Crippen MR) is 84.2 cm³/mol. The molecule has 2 rings (SSSR count). The Morgan fingerprint density at radius 2 is 2.15 bits per heavy atom. The molecular formula is C16H33N3O. The van der Waals surface area contributed by atoms with Crippen LogP contribution in [0, 0.1) is 5.92 Å². The van der Waals surface area contributed by atoms with Crippen LogP contribution in [0.3, 0.4) is 0 Å². The van der Waals surface area contributed by atoms with Gasteiger partial charge in [-0.1, -0.05) is 20.8 Å². The standard InChI is InChI=1S/C16H33N3O/c1-4-18-8-9-20-16(12-18)13-19-7-5-6-15(19)11-17-10-14(2)3/h14-17H,4-13H2,1-3H3. The first-order chi connectivity index (χ1) is 9.69. The Morgan fingerprint density at radius 3 is 2.90 bits per heavy atom. The number of hydrogen-bond donors (Lipinski definition) is 1. The van der Waals surface area contributed by atoms with Crippen LogP contribution < -0.4 is 5.32 Å². The zero-order chi connectivity index (χ0) is 14.4. The first-order valence-corrected chi connectivity index (χ1v) is 8.47. The van der Waals surface area contributed by atoms with Gasteiger partial charge in [-0.2, -0.15) is 0 Å². The van der Waals surface area contributed by atoms with Gasteiger partial charge in [-0.05, 0) is 38.4 Å². The van der Waals surface area contributed by atoms with Gasteiger partial charge in [0.15, 0.2) is 0 Å². The minimum absolute atomic E-state index is 0.411. The Labute approximate surface area is 124 Å². The summed E-state index contributed by atoms with van der Waals surface area (Å²) in [7, 11) is 0. The van der Waals surface area contributed by atoms with E-state index in [-0.39, 0.29) is 0 Å². The maximum absolute atomic E-state index is 5.96. The lowest BCUT2D eigenvalue weighted by molar-refractivity contribution is -0.0432. The molecule has 2 heterocycles. The fourth-order valence-electron chi connectivity index (χ4n) is 3.34. The Balaban J connectivity index is 1.73. The highest BCUT2D eigenvalue weighted by atomic mass is 16.5. The molecule has 0 aromatic rings. The molecule has 20 heavy (non-hydrogen) atoms. The van der Waals surface area contributed by atoms with Gasteiger partial charge in [-0.3, -0.25) is 9.80 Å². The van der Waals surface area contributed by atoms with Crippen molar-refractivity contribution in [3.63, 3.8) is 0 Å². The van der Waals surface area contributed by atoms with Crippen LogP contribution in [-0.4, -0.2) is 74.4 Å². The van der Waals surface area contributed by atoms with Gasteiger partial charge in [-0.25, -0.2) is 0 Å². The second kappa shape index (κ2) is 8.32. The number of morpholine rings is 1. The van der Waals surface area contributed by atoms with Crippen LogP contribution in [0.5, 0.6) is 0 Å². The summed E-state index contributed by atoms with van der Waals surface area (Å²) in [5, 5.41) is 3.62. The molecule has 0 aromatic heterocycles. The van der Waals surface area contributed by atoms with E-state index < -0.39 is 0 Å². The lowest BCUT2D eigenvalue weighted by Gasteiger charge is -2.36. The molecule has 0 aliphatic carbocycles. The molecule has 2 unspecified atom stereocenters. The van der Waals surface area contributed by atoms with E-state index in [2.05, 4.69) is 35.9 Å². The SMILES string of the molecule is CCN1CCOC(CN2CCCC2CNCC(C)C)C1. The average Bonchev–Trinajstić information content (AvgIpc) is 2.86. The number of rotatable bonds is 7. The van der Waals surface area contributed by atoms with E-state index in [1.165, 1.54) is 19.4 Å². The van der Waals surface area contributed by atoms with Crippen LogP contribution >= 0.6 is 0 Å². The number of nitrogens with zero attached hydrogens (tertiary/aromatic N) is 2. The highest BCUT2D eigenvalue weighted by molar-refractivity contribution is 4.84. The van der Waals surface area contributed by atoms with E-state index in [4.69, 9.17) is 4.74 Å². The highest BCUT2D eigenvalue weighted by Gasteiger charge is 2.28. The number of nitrogens with one attached hydrogen (secondary N) is 1. The summed E-state index contributed by atoms with van der Waals surface area (Å²) in [4.78, 5) is 5.16. The first kappa shape index (κ1) is 16.2. The van der Waals surface area contributed by atoms with Gasteiger partial charge in [-0.15, -0.1) is 0 Å². The molecule has 4 nitrogen and oxygen atoms in total. The molecular weight excluding hydrogens is 250 g/mol. The number of likely N-dealkylation sites (N-methyl/N-ethyl adjacent to an activating group) is 1. The number of hydrogen-bond acceptors (Lipinski definition) is 4. The maximum Gasteiger partial charge on any atom is 0.0829 e. The maximum atomic E-state index is 5.96. The Kier molecular flexibility index (Phi) is 6.75. The molecule has 0 aromatic carbocycles. The zero-order valence-corrected chi connectivity index (χ0v) is 13.6. The molecule has 2 atom stereocenters. The third kappa shape index (κ3) is 4.99. The summed E-state index contributed by atoms with van der Waals surface area (Å²) < 4.78 is 5.96. The minimum Gasteiger partial charge on any atom is -0.374 e. The van der Waals surface area contributed by atoms with E-state index >= 15 is 0 Å². The molecule has 0 amide bonds. The van der Waals surface area contributed by atoms with Crippen LogP contribution in [0.25, 0.3) is 0 Å². The normalized spacial score (nSPS) is 29.4. The largest absolute Gasteiger partial charge is 0.374 e. The van der Waals surface area contributed by atoms with E-state index in [1.54, 1.807) is 0 Å². The molecule has 0 radical (unpaired) electrons. The van der Waals surface area contributed by atoms with E-state index in [0.29, 0.717) is 12.1 Å². The average molecular weight is 283 g/mol. The number of likely N-dealkylation sites (tertiary alicyclic amines) is 1. The second-order valence-electron chi connectivity index (χ2n) is 6.73. The fourth-order valence-corrected chi connectivity index (χ4v) is 3.34. The third-order valence-electron chi connectivity index (χ3n) is 4.54. The van der Waals surface area contributed by atoms with Gasteiger partial charge in [0, 0.05) is 32.2 Å². The van der Waals surface area contributed by atoms with Crippen molar-refractivity contribution in [2.24, 2.45) is 5.92 Å². The molecule has 1 N–H and O–H groups in total. The van der Waals surface area contributed by atoms with Gasteiger partial charge in [0.25, 0.3) is 0 Å². The molecule has 0 saturated carbocycles. The van der Waals surface area contributed by atoms with Crippen molar-refractivity contribution in [1.82, 2.24) is 15.1 Å². The van der Waals surface area contributed by atoms with Crippen LogP contribution in [0.15, 0.2) is 0 Å². The van der Waals surface area contributed by atoms with Gasteiger partial charge in [0.2, 0.25) is 0 Å². The fraction of sp³-hybridized carbons (Fsp3) is 1.00. The Hall–Kier alpha value is -0.160. The summed E-state index contributed by atoms with van der Waals surface area (Å²) in [6, 6.07) is 0.717. The molecule has 2 aliphatic rings. The van der Waals surface area contributed by atoms with Gasteiger partial charge in [0.1, 0.15) is 0 Å². The molecule has 4 heteroatoms. The van der Waals surface area contributed by atoms with Gasteiger partial charge >= 0.3 is 0 Å². The summed E-state index contributed by atoms with van der Waals surface area (Å²) in [6.07, 6.45) is 3.10. The van der Waals surface area contributed by atoms with E-state index in [1.807, 2.05) is 0 Å². The minimum atomic E-state index is 0.411. The van der Waals surface area contributed by atoms with Crippen LogP contribution in [0.2, 0.25) is 0 Å². The molecule has 118 valence electrons. The quantitative estimate of drug-likeness (QED) is 0.765. The Bertz CT molecular complexity index is 272. The number of ether oxygens (including phenoxy) is 1. The summed E-state index contributed by atoms with van der Waals surface area (Å²) in [6.45, 7) is 15.7. The van der Waals surface area contributed by atoms with Crippen LogP contribution in [-0.2, 0) is 4.74 Å². The monoisotopic (exact) mass is 283 g/mol. The lowest BCUT2D eigenvalue weighted by atomic mass is 10.2. The second-order valence-corrected chi connectivity index (χ2v) is 6.73. The molecule has 2 fully saturated rings. The highest BCUT2D eigenvalue weighted by Crippen LogP contribution is 2.18. The summed E-state index contributed by atoms with van der Waals surface area (Å²) in [5.74, 6) is 0.740. The van der Waals surface area contributed by atoms with E-state index in [9.17, 15) is 0 Å². The molecule has 0 spiro atoms. The Morgan fingerprint density at radius 1 is 1.30 bits per heavy atom. The van der Waals surface area contributed by atoms with Crippen LogP contribution in [0.4, 0.5) is 0 Å². The molecule has 2 saturated heterocycles. The van der Waals surface area contributed by atoms with Crippen molar-refractivity contribution in [1.29, 1.82) is 0 Å². The van der Waals surface area contributed by atoms with Gasteiger partial charge < -0.3 is 10.1 Å². The van der Waals surface area contributed by atoms with Crippen molar-refractivity contribution in [2.45, 2.75) is 45.8 Å². The van der Waals surface area contributed by atoms with Gasteiger partial charge in [0.05, 0.1) is 12.7 Å². The topological polar surface area (TPSA) is 27.7 Å². The zero-order valence-electron chi connectivity index (χ0n) is 13.6. The lowest BCUT2D eigenvalue weighted by Crippen LogP contribution is -2.49. The van der Waals surface area contributed by atoms with Crippen molar-refractivity contribution in [2.75, 3.05) is 52.4 Å². The summed E-state index contributed by atoms with van der Waals surface area (Å²) in [5.41, 5.74) is 0. The molecule has 2 aliphatic heterocycles. The first-order valence-electron chi connectivity index (χ1n) is 8.47. The smallest absolute Gasteiger partial charge is 0.0829 e. The van der Waals surface area contributed by atoms with E-state index in [0.717, 1.165) is 51.8 Å². The van der Waals surface area contributed by atoms with Crippen molar-refractivity contribution in [3.05, 3.63) is 0 Å². The third-order valence-corrected chi connectivity index (χ3v) is 4.54. The van der Waals surface area contributed by atoms with Crippen LogP contribution in [0.1, 0.15) is 33.6 Å². The summed E-state index contributed by atoms with van der Waals surface area (Å²) >= 11 is 0. The van der Waals surface area contributed by atoms with Crippen molar-refractivity contribution in [3.8, 4) is 0 Å². The van der Waals surface area contributed by atoms with Crippen molar-refractivity contribution >= 4 is 0 Å². The van der Waals surface area contributed by atoms with Crippen molar-refractivity contribution < 1.29 is 4.74 Å². The molecule has 0 bridgehead atoms. The predicted octanol–water partition coefficient (Wildman–Crippen LogP) is 1.42.